The molecule has 3 rings (SSSR count). The molecule has 30 heavy (non-hydrogen) atoms. The van der Waals surface area contributed by atoms with Gasteiger partial charge in [-0.05, 0) is 30.5 Å². The van der Waals surface area contributed by atoms with Gasteiger partial charge in [-0.15, -0.1) is 0 Å². The molecule has 1 heterocycles. The smallest absolute Gasteiger partial charge is 0.322 e. The Labute approximate surface area is 171 Å². The maximum atomic E-state index is 14.1. The van der Waals surface area contributed by atoms with Crippen LogP contribution in [0, 0.1) is 30.2 Å². The average Bonchev–Trinajstić information content (AvgIpc) is 2.70. The second-order valence-electron chi connectivity index (χ2n) is 7.17. The molecule has 0 spiro atoms. The van der Waals surface area contributed by atoms with Crippen LogP contribution in [0.4, 0.5) is 28.0 Å². The highest BCUT2D eigenvalue weighted by molar-refractivity contribution is 7.89. The van der Waals surface area contributed by atoms with Gasteiger partial charge >= 0.3 is 6.03 Å². The van der Waals surface area contributed by atoms with Crippen LogP contribution in [0.15, 0.2) is 18.2 Å². The highest BCUT2D eigenvalue weighted by atomic mass is 32.2. The molecule has 0 atom stereocenters. The van der Waals surface area contributed by atoms with Gasteiger partial charge in [-0.1, -0.05) is 19.1 Å². The molecule has 0 aromatic heterocycles. The van der Waals surface area contributed by atoms with E-state index in [1.54, 1.807) is 17.0 Å². The first-order chi connectivity index (χ1) is 14.1. The Balaban J connectivity index is 1.88. The third-order valence-corrected chi connectivity index (χ3v) is 6.38. The lowest BCUT2D eigenvalue weighted by Crippen LogP contribution is -2.44. The van der Waals surface area contributed by atoms with Gasteiger partial charge in [0.15, 0.2) is 33.1 Å². The van der Waals surface area contributed by atoms with Gasteiger partial charge in [-0.2, -0.15) is 0 Å². The molecule has 0 radical (unpaired) electrons. The monoisotopic (exact) mass is 444 g/mol. The fourth-order valence-corrected chi connectivity index (χ4v) is 4.88. The highest BCUT2D eigenvalue weighted by Crippen LogP contribution is 2.29. The van der Waals surface area contributed by atoms with Crippen LogP contribution in [-0.4, -0.2) is 21.0 Å². The first kappa shape index (κ1) is 22.1. The zero-order chi connectivity index (χ0) is 22.2. The van der Waals surface area contributed by atoms with E-state index in [2.05, 4.69) is 5.32 Å². The number of carbonyl (C=O) groups excluding carboxylic acids is 1. The van der Waals surface area contributed by atoms with Gasteiger partial charge in [0.1, 0.15) is 0 Å². The Morgan fingerprint density at radius 1 is 1.03 bits per heavy atom. The molecule has 0 saturated carbocycles. The van der Waals surface area contributed by atoms with Crippen molar-refractivity contribution in [3.05, 3.63) is 63.7 Å². The predicted molar refractivity (Wildman–Crippen MR) is 104 cm³/mol. The number of fused-ring (bicyclic) bond motifs is 1. The average molecular weight is 444 g/mol. The number of halogens is 4. The summed E-state index contributed by atoms with van der Waals surface area (Å²) in [4.78, 5) is 13.5. The molecule has 0 unspecified atom stereocenters. The topological polar surface area (TPSA) is 66.5 Å². The summed E-state index contributed by atoms with van der Waals surface area (Å²) in [6.45, 7) is 3.47. The van der Waals surface area contributed by atoms with E-state index in [1.165, 1.54) is 6.07 Å². The number of urea groups is 1. The molecule has 10 heteroatoms. The minimum atomic E-state index is -4.15. The summed E-state index contributed by atoms with van der Waals surface area (Å²) in [5.41, 5.74) is -0.327. The number of amides is 2. The van der Waals surface area contributed by atoms with Gasteiger partial charge in [0.05, 0.1) is 17.2 Å². The van der Waals surface area contributed by atoms with Gasteiger partial charge in [-0.3, -0.25) is 4.90 Å². The van der Waals surface area contributed by atoms with E-state index >= 15 is 0 Å². The summed E-state index contributed by atoms with van der Waals surface area (Å²) in [7, 11) is -4.15. The highest BCUT2D eigenvalue weighted by Gasteiger charge is 2.28. The lowest BCUT2D eigenvalue weighted by Gasteiger charge is -2.30. The number of sulfone groups is 1. The SMILES string of the molecule is CCCN1C(=O)NCc2cc(CS(=O)(=O)Cc3c(F)c(F)c(C)c(F)c3F)ccc21. The predicted octanol–water partition coefficient (Wildman–Crippen LogP) is 4.11. The Morgan fingerprint density at radius 3 is 2.27 bits per heavy atom. The molecule has 1 N–H and O–H groups in total. The number of nitrogens with one attached hydrogen (secondary N) is 1. The van der Waals surface area contributed by atoms with E-state index in [0.29, 0.717) is 23.4 Å². The minimum Gasteiger partial charge on any atom is -0.334 e. The number of hydrogen-bond donors (Lipinski definition) is 1. The van der Waals surface area contributed by atoms with E-state index in [-0.39, 0.29) is 12.6 Å². The van der Waals surface area contributed by atoms with Gasteiger partial charge < -0.3 is 5.32 Å². The van der Waals surface area contributed by atoms with Crippen LogP contribution in [0.25, 0.3) is 0 Å². The van der Waals surface area contributed by atoms with Crippen LogP contribution < -0.4 is 10.2 Å². The fraction of sp³-hybridized carbons (Fsp3) is 0.350. The van der Waals surface area contributed by atoms with Crippen molar-refractivity contribution in [3.8, 4) is 0 Å². The summed E-state index contributed by atoms with van der Waals surface area (Å²) >= 11 is 0. The van der Waals surface area contributed by atoms with Gasteiger partial charge in [-0.25, -0.2) is 30.8 Å². The molecule has 0 aliphatic carbocycles. The second kappa shape index (κ2) is 8.25. The Bertz CT molecular complexity index is 1090. The Morgan fingerprint density at radius 2 is 1.67 bits per heavy atom. The molecule has 5 nitrogen and oxygen atoms in total. The summed E-state index contributed by atoms with van der Waals surface area (Å²) in [5, 5.41) is 2.69. The largest absolute Gasteiger partial charge is 0.334 e. The summed E-state index contributed by atoms with van der Waals surface area (Å²) in [6, 6.07) is 4.44. The molecule has 2 amide bonds. The number of hydrogen-bond acceptors (Lipinski definition) is 3. The van der Waals surface area contributed by atoms with Crippen molar-refractivity contribution in [1.82, 2.24) is 5.32 Å². The third-order valence-electron chi connectivity index (χ3n) is 4.88. The van der Waals surface area contributed by atoms with Crippen LogP contribution in [0.5, 0.6) is 0 Å². The second-order valence-corrected chi connectivity index (χ2v) is 9.23. The quantitative estimate of drug-likeness (QED) is 0.539. The standard InChI is InChI=1S/C20H20F4N2O3S/c1-3-6-26-15-5-4-12(7-13(15)8-25-20(26)27)9-30(28,29)10-14-18(23)16(21)11(2)17(22)19(14)24/h4-5,7H,3,6,8-10H2,1-2H3,(H,25,27). The lowest BCUT2D eigenvalue weighted by atomic mass is 10.1. The molecule has 0 saturated heterocycles. The van der Waals surface area contributed by atoms with Crippen LogP contribution >= 0.6 is 0 Å². The van der Waals surface area contributed by atoms with E-state index in [4.69, 9.17) is 0 Å². The first-order valence-corrected chi connectivity index (χ1v) is 11.1. The van der Waals surface area contributed by atoms with Crippen molar-refractivity contribution in [2.45, 2.75) is 38.3 Å². The van der Waals surface area contributed by atoms with Crippen LogP contribution in [-0.2, 0) is 27.9 Å². The maximum absolute atomic E-state index is 14.1. The van der Waals surface area contributed by atoms with E-state index in [9.17, 15) is 30.8 Å². The first-order valence-electron chi connectivity index (χ1n) is 9.24. The van der Waals surface area contributed by atoms with Gasteiger partial charge in [0.2, 0.25) is 0 Å². The molecule has 162 valence electrons. The lowest BCUT2D eigenvalue weighted by molar-refractivity contribution is 0.244. The molecule has 1 aliphatic rings. The molecule has 1 aliphatic heterocycles. The number of carbonyl (C=O) groups is 1. The van der Waals surface area contributed by atoms with Crippen molar-refractivity contribution in [2.24, 2.45) is 0 Å². The summed E-state index contributed by atoms with van der Waals surface area (Å²) in [5.74, 6) is -8.41. The van der Waals surface area contributed by atoms with E-state index < -0.39 is 55.7 Å². The molecule has 2 aromatic carbocycles. The number of rotatable bonds is 6. The summed E-state index contributed by atoms with van der Waals surface area (Å²) in [6.07, 6.45) is 0.726. The molecular weight excluding hydrogens is 424 g/mol. The molecular formula is C20H20F4N2O3S. The van der Waals surface area contributed by atoms with E-state index in [1.807, 2.05) is 6.92 Å². The van der Waals surface area contributed by atoms with Crippen LogP contribution in [0.3, 0.4) is 0 Å². The number of nitrogens with zero attached hydrogens (tertiary/aromatic N) is 1. The molecule has 0 fully saturated rings. The zero-order valence-corrected chi connectivity index (χ0v) is 17.2. The molecule has 0 bridgehead atoms. The van der Waals surface area contributed by atoms with Crippen molar-refractivity contribution in [2.75, 3.05) is 11.4 Å². The van der Waals surface area contributed by atoms with Crippen molar-refractivity contribution < 1.29 is 30.8 Å². The fourth-order valence-electron chi connectivity index (χ4n) is 3.39. The number of benzene rings is 2. The third kappa shape index (κ3) is 4.14. The molecule has 2 aromatic rings. The van der Waals surface area contributed by atoms with E-state index in [0.717, 1.165) is 13.3 Å². The Kier molecular flexibility index (Phi) is 6.07. The van der Waals surface area contributed by atoms with Crippen LogP contribution in [0.1, 0.15) is 35.6 Å². The number of anilines is 1. The minimum absolute atomic E-state index is 0.208. The normalized spacial score (nSPS) is 13.9. The van der Waals surface area contributed by atoms with Crippen LogP contribution in [0.2, 0.25) is 0 Å². The maximum Gasteiger partial charge on any atom is 0.322 e. The van der Waals surface area contributed by atoms with Gasteiger partial charge in [0, 0.05) is 24.2 Å². The summed E-state index contributed by atoms with van der Waals surface area (Å²) < 4.78 is 80.6. The zero-order valence-electron chi connectivity index (χ0n) is 16.4. The van der Waals surface area contributed by atoms with Crippen molar-refractivity contribution >= 4 is 21.6 Å². The Hall–Kier alpha value is -2.62. The van der Waals surface area contributed by atoms with Gasteiger partial charge in [0.25, 0.3) is 0 Å². The van der Waals surface area contributed by atoms with Crippen molar-refractivity contribution in [3.63, 3.8) is 0 Å². The van der Waals surface area contributed by atoms with Crippen molar-refractivity contribution in [1.29, 1.82) is 0 Å².